The Hall–Kier alpha value is -1.84. The molecule has 0 amide bonds. The van der Waals surface area contributed by atoms with Crippen molar-refractivity contribution in [2.24, 2.45) is 0 Å². The van der Waals surface area contributed by atoms with Crippen LogP contribution in [-0.2, 0) is 13.0 Å². The Morgan fingerprint density at radius 1 is 1.05 bits per heavy atom. The number of aliphatic hydroxyl groups is 1. The van der Waals surface area contributed by atoms with Crippen molar-refractivity contribution in [2.75, 3.05) is 0 Å². The van der Waals surface area contributed by atoms with Gasteiger partial charge in [0.2, 0.25) is 0 Å². The molecule has 0 radical (unpaired) electrons. The lowest BCUT2D eigenvalue weighted by Gasteiger charge is -1.96. The third-order valence-electron chi connectivity index (χ3n) is 2.95. The first kappa shape index (κ1) is 12.2. The lowest BCUT2D eigenvalue weighted by atomic mass is 10.1. The van der Waals surface area contributed by atoms with Gasteiger partial charge < -0.3 is 9.52 Å². The van der Waals surface area contributed by atoms with Gasteiger partial charge in [-0.05, 0) is 35.4 Å². The number of rotatable bonds is 3. The van der Waals surface area contributed by atoms with Crippen LogP contribution >= 0.6 is 11.6 Å². The molecular weight excluding hydrogens is 262 g/mol. The smallest absolute Gasteiger partial charge is 0.199 e. The molecule has 0 aliphatic heterocycles. The van der Waals surface area contributed by atoms with Crippen molar-refractivity contribution in [3.05, 3.63) is 64.5 Å². The van der Waals surface area contributed by atoms with Crippen LogP contribution in [0.4, 0.5) is 0 Å². The summed E-state index contributed by atoms with van der Waals surface area (Å²) in [4.78, 5) is 4.42. The molecule has 0 saturated heterocycles. The van der Waals surface area contributed by atoms with Crippen molar-refractivity contribution >= 4 is 22.7 Å². The summed E-state index contributed by atoms with van der Waals surface area (Å²) in [5.74, 6) is 0.660. The fraction of sp³-hybridized carbons (Fsp3) is 0.133. The van der Waals surface area contributed by atoms with E-state index in [1.807, 2.05) is 42.5 Å². The number of aliphatic hydroxyl groups excluding tert-OH is 1. The Balaban J connectivity index is 1.90. The minimum absolute atomic E-state index is 0.00313. The molecule has 96 valence electrons. The first-order chi connectivity index (χ1) is 9.24. The Morgan fingerprint density at radius 2 is 1.79 bits per heavy atom. The van der Waals surface area contributed by atoms with Crippen LogP contribution in [0.1, 0.15) is 17.0 Å². The Bertz CT molecular complexity index is 704. The van der Waals surface area contributed by atoms with Gasteiger partial charge in [-0.2, -0.15) is 0 Å². The number of benzene rings is 2. The zero-order chi connectivity index (χ0) is 13.2. The third-order valence-corrected chi connectivity index (χ3v) is 3.20. The molecule has 19 heavy (non-hydrogen) atoms. The summed E-state index contributed by atoms with van der Waals surface area (Å²) in [6, 6.07) is 13.1. The second kappa shape index (κ2) is 5.03. The van der Waals surface area contributed by atoms with Crippen molar-refractivity contribution in [2.45, 2.75) is 13.0 Å². The van der Waals surface area contributed by atoms with Crippen molar-refractivity contribution in [3.63, 3.8) is 0 Å². The maximum atomic E-state index is 9.09. The molecule has 0 unspecified atom stereocenters. The first-order valence-corrected chi connectivity index (χ1v) is 6.36. The minimum Gasteiger partial charge on any atom is -0.440 e. The molecule has 0 aliphatic rings. The molecule has 3 nitrogen and oxygen atoms in total. The third kappa shape index (κ3) is 2.62. The molecule has 2 aromatic carbocycles. The molecule has 1 aromatic heterocycles. The molecule has 0 saturated carbocycles. The van der Waals surface area contributed by atoms with Crippen LogP contribution in [0.15, 0.2) is 46.9 Å². The van der Waals surface area contributed by atoms with Gasteiger partial charge in [-0.1, -0.05) is 29.8 Å². The number of nitrogens with zero attached hydrogens (tertiary/aromatic N) is 1. The summed E-state index contributed by atoms with van der Waals surface area (Å²) in [7, 11) is 0. The second-order valence-corrected chi connectivity index (χ2v) is 4.81. The van der Waals surface area contributed by atoms with Gasteiger partial charge in [-0.3, -0.25) is 0 Å². The summed E-state index contributed by atoms with van der Waals surface area (Å²) >= 11 is 5.85. The summed E-state index contributed by atoms with van der Waals surface area (Å²) in [5.41, 5.74) is 3.43. The van der Waals surface area contributed by atoms with Crippen molar-refractivity contribution in [1.82, 2.24) is 4.98 Å². The van der Waals surface area contributed by atoms with Crippen molar-refractivity contribution in [1.29, 1.82) is 0 Å². The molecule has 0 fully saturated rings. The molecule has 3 rings (SSSR count). The van der Waals surface area contributed by atoms with E-state index >= 15 is 0 Å². The number of hydrogen-bond donors (Lipinski definition) is 1. The highest BCUT2D eigenvalue weighted by atomic mass is 35.5. The number of oxazole rings is 1. The molecule has 4 heteroatoms. The fourth-order valence-corrected chi connectivity index (χ4v) is 2.09. The van der Waals surface area contributed by atoms with E-state index in [2.05, 4.69) is 4.98 Å². The molecule has 0 spiro atoms. The predicted octanol–water partition coefficient (Wildman–Crippen LogP) is 3.56. The molecule has 0 bridgehead atoms. The van der Waals surface area contributed by atoms with Gasteiger partial charge in [0.15, 0.2) is 11.5 Å². The Labute approximate surface area is 115 Å². The highest BCUT2D eigenvalue weighted by Crippen LogP contribution is 2.20. The van der Waals surface area contributed by atoms with Gasteiger partial charge in [0, 0.05) is 11.4 Å². The van der Waals surface area contributed by atoms with Crippen LogP contribution in [0.2, 0.25) is 5.02 Å². The van der Waals surface area contributed by atoms with Crippen LogP contribution in [-0.4, -0.2) is 10.1 Å². The summed E-state index contributed by atoms with van der Waals surface area (Å²) in [6.45, 7) is 0.00313. The van der Waals surface area contributed by atoms with Gasteiger partial charge in [0.25, 0.3) is 0 Å². The Morgan fingerprint density at radius 3 is 2.53 bits per heavy atom. The van der Waals surface area contributed by atoms with E-state index in [-0.39, 0.29) is 6.61 Å². The lowest BCUT2D eigenvalue weighted by Crippen LogP contribution is -1.87. The van der Waals surface area contributed by atoms with Gasteiger partial charge in [0.1, 0.15) is 5.52 Å². The summed E-state index contributed by atoms with van der Waals surface area (Å²) < 4.78 is 5.69. The number of hydrogen-bond acceptors (Lipinski definition) is 3. The topological polar surface area (TPSA) is 46.3 Å². The normalized spacial score (nSPS) is 11.1. The van der Waals surface area contributed by atoms with Crippen LogP contribution < -0.4 is 0 Å². The van der Waals surface area contributed by atoms with Crippen LogP contribution in [0.25, 0.3) is 11.1 Å². The zero-order valence-electron chi connectivity index (χ0n) is 10.1. The fourth-order valence-electron chi connectivity index (χ4n) is 1.97. The number of halogens is 1. The largest absolute Gasteiger partial charge is 0.440 e. The number of fused-ring (bicyclic) bond motifs is 1. The highest BCUT2D eigenvalue weighted by molar-refractivity contribution is 6.30. The molecule has 1 N–H and O–H groups in total. The molecule has 3 aromatic rings. The number of aromatic nitrogens is 1. The predicted molar refractivity (Wildman–Crippen MR) is 74.2 cm³/mol. The van der Waals surface area contributed by atoms with Gasteiger partial charge >= 0.3 is 0 Å². The van der Waals surface area contributed by atoms with Crippen molar-refractivity contribution in [3.8, 4) is 0 Å². The second-order valence-electron chi connectivity index (χ2n) is 4.37. The quantitative estimate of drug-likeness (QED) is 0.794. The maximum Gasteiger partial charge on any atom is 0.199 e. The lowest BCUT2D eigenvalue weighted by molar-refractivity contribution is 0.282. The monoisotopic (exact) mass is 273 g/mol. The van der Waals surface area contributed by atoms with Crippen molar-refractivity contribution < 1.29 is 9.52 Å². The summed E-state index contributed by atoms with van der Waals surface area (Å²) in [5, 5.41) is 9.81. The van der Waals surface area contributed by atoms with E-state index in [1.165, 1.54) is 0 Å². The van der Waals surface area contributed by atoms with Crippen LogP contribution in [0, 0.1) is 0 Å². The standard InChI is InChI=1S/C15H12ClNO2/c16-12-4-1-10(2-5-12)8-15-17-13-6-3-11(9-18)7-14(13)19-15/h1-7,18H,8-9H2. The molecule has 0 atom stereocenters. The SMILES string of the molecule is OCc1ccc2nc(Cc3ccc(Cl)cc3)oc2c1. The molecule has 1 heterocycles. The van der Waals surface area contributed by atoms with E-state index in [4.69, 9.17) is 21.1 Å². The van der Waals surface area contributed by atoms with Gasteiger partial charge in [-0.25, -0.2) is 4.98 Å². The van der Waals surface area contributed by atoms with E-state index in [0.717, 1.165) is 16.6 Å². The average Bonchev–Trinajstić information content (AvgIpc) is 2.82. The molecule has 0 aliphatic carbocycles. The van der Waals surface area contributed by atoms with E-state index < -0.39 is 0 Å². The van der Waals surface area contributed by atoms with E-state index in [0.29, 0.717) is 22.9 Å². The summed E-state index contributed by atoms with van der Waals surface area (Å²) in [6.07, 6.45) is 0.625. The minimum atomic E-state index is 0.00313. The Kier molecular flexibility index (Phi) is 3.23. The van der Waals surface area contributed by atoms with Crippen LogP contribution in [0.3, 0.4) is 0 Å². The van der Waals surface area contributed by atoms with E-state index in [9.17, 15) is 0 Å². The van der Waals surface area contributed by atoms with Gasteiger partial charge in [0.05, 0.1) is 6.61 Å². The first-order valence-electron chi connectivity index (χ1n) is 5.98. The molecular formula is C15H12ClNO2. The zero-order valence-corrected chi connectivity index (χ0v) is 10.9. The maximum absolute atomic E-state index is 9.09. The highest BCUT2D eigenvalue weighted by Gasteiger charge is 2.07. The van der Waals surface area contributed by atoms with E-state index in [1.54, 1.807) is 0 Å². The van der Waals surface area contributed by atoms with Crippen LogP contribution in [0.5, 0.6) is 0 Å². The average molecular weight is 274 g/mol. The van der Waals surface area contributed by atoms with Gasteiger partial charge in [-0.15, -0.1) is 0 Å².